The van der Waals surface area contributed by atoms with Crippen molar-refractivity contribution in [1.29, 1.82) is 5.26 Å². The molecule has 1 aromatic carbocycles. The maximum atomic E-state index is 12.7. The molecule has 2 aromatic rings. The summed E-state index contributed by atoms with van der Waals surface area (Å²) in [5, 5.41) is 17.7. The molecule has 0 atom stereocenters. The number of nitriles is 1. The van der Waals surface area contributed by atoms with E-state index < -0.39 is 0 Å². The van der Waals surface area contributed by atoms with Gasteiger partial charge in [-0.2, -0.15) is 5.26 Å². The van der Waals surface area contributed by atoms with Crippen LogP contribution < -0.4 is 0 Å². The summed E-state index contributed by atoms with van der Waals surface area (Å²) in [7, 11) is 0. The molecule has 1 amide bonds. The van der Waals surface area contributed by atoms with Gasteiger partial charge in [0.2, 0.25) is 0 Å². The summed E-state index contributed by atoms with van der Waals surface area (Å²) >= 11 is 0. The lowest BCUT2D eigenvalue weighted by Gasteiger charge is -2.34. The molecule has 1 saturated heterocycles. The van der Waals surface area contributed by atoms with E-state index in [2.05, 4.69) is 25.7 Å². The van der Waals surface area contributed by atoms with Gasteiger partial charge in [0.25, 0.3) is 5.91 Å². The summed E-state index contributed by atoms with van der Waals surface area (Å²) < 4.78 is 2.29. The molecule has 0 aliphatic carbocycles. The second-order valence-electron chi connectivity index (χ2n) is 7.25. The van der Waals surface area contributed by atoms with Crippen LogP contribution in [0.4, 0.5) is 0 Å². The number of rotatable bonds is 3. The Bertz CT molecular complexity index is 842. The van der Waals surface area contributed by atoms with Crippen LogP contribution in [0.1, 0.15) is 46.8 Å². The van der Waals surface area contributed by atoms with Crippen molar-refractivity contribution in [1.82, 2.24) is 24.6 Å². The lowest BCUT2D eigenvalue weighted by Crippen LogP contribution is -2.48. The van der Waals surface area contributed by atoms with E-state index in [1.54, 1.807) is 24.3 Å². The van der Waals surface area contributed by atoms with Gasteiger partial charge in [-0.3, -0.25) is 9.69 Å². The molecule has 1 aromatic heterocycles. The molecule has 4 rings (SSSR count). The number of aromatic nitrogens is 3. The van der Waals surface area contributed by atoms with Crippen molar-refractivity contribution in [3.8, 4) is 6.07 Å². The fourth-order valence-corrected chi connectivity index (χ4v) is 3.84. The molecule has 0 bridgehead atoms. The normalized spacial score (nSPS) is 17.8. The summed E-state index contributed by atoms with van der Waals surface area (Å²) in [4.78, 5) is 16.9. The van der Waals surface area contributed by atoms with Gasteiger partial charge in [-0.15, -0.1) is 10.2 Å². The Morgan fingerprint density at radius 1 is 1.00 bits per heavy atom. The Kier molecular flexibility index (Phi) is 5.16. The zero-order valence-corrected chi connectivity index (χ0v) is 15.5. The summed E-state index contributed by atoms with van der Waals surface area (Å²) in [5.74, 6) is 2.21. The number of carbonyl (C=O) groups excluding carboxylic acids is 1. The lowest BCUT2D eigenvalue weighted by atomic mass is 10.1. The number of carbonyl (C=O) groups is 1. The molecule has 0 spiro atoms. The van der Waals surface area contributed by atoms with Gasteiger partial charge in [-0.1, -0.05) is 6.42 Å². The molecule has 0 radical (unpaired) electrons. The fraction of sp³-hybridized carbons (Fsp3) is 0.500. The topological polar surface area (TPSA) is 78.1 Å². The molecule has 27 heavy (non-hydrogen) atoms. The Morgan fingerprint density at radius 2 is 1.78 bits per heavy atom. The van der Waals surface area contributed by atoms with Crippen LogP contribution in [0.25, 0.3) is 0 Å². The number of nitrogens with zero attached hydrogens (tertiary/aromatic N) is 6. The average Bonchev–Trinajstić information content (AvgIpc) is 2.94. The van der Waals surface area contributed by atoms with E-state index in [1.165, 1.54) is 19.3 Å². The molecular formula is C20H24N6O. The number of hydrogen-bond acceptors (Lipinski definition) is 5. The standard InChI is InChI=1S/C20H24N6O/c21-14-16-5-7-17(8-6-16)20(27)25-12-10-24(11-13-25)15-19-23-22-18-4-2-1-3-9-26(18)19/h5-8H,1-4,9-13,15H2. The van der Waals surface area contributed by atoms with Crippen molar-refractivity contribution in [2.75, 3.05) is 26.2 Å². The number of aryl methyl sites for hydroxylation is 1. The van der Waals surface area contributed by atoms with Gasteiger partial charge in [-0.05, 0) is 37.1 Å². The summed E-state index contributed by atoms with van der Waals surface area (Å²) in [6, 6.07) is 8.94. The minimum absolute atomic E-state index is 0.0375. The van der Waals surface area contributed by atoms with Crippen molar-refractivity contribution in [3.05, 3.63) is 47.0 Å². The molecule has 1 fully saturated rings. The van der Waals surface area contributed by atoms with Gasteiger partial charge < -0.3 is 9.47 Å². The zero-order chi connectivity index (χ0) is 18.6. The Hall–Kier alpha value is -2.72. The number of benzene rings is 1. The monoisotopic (exact) mass is 364 g/mol. The van der Waals surface area contributed by atoms with Crippen molar-refractivity contribution >= 4 is 5.91 Å². The summed E-state index contributed by atoms with van der Waals surface area (Å²) in [6.07, 6.45) is 4.69. The summed E-state index contributed by atoms with van der Waals surface area (Å²) in [5.41, 5.74) is 1.22. The van der Waals surface area contributed by atoms with Gasteiger partial charge in [0, 0.05) is 44.7 Å². The van der Waals surface area contributed by atoms with E-state index in [9.17, 15) is 4.79 Å². The molecule has 2 aliphatic heterocycles. The van der Waals surface area contributed by atoms with Crippen molar-refractivity contribution in [2.45, 2.75) is 38.8 Å². The van der Waals surface area contributed by atoms with Crippen molar-refractivity contribution in [2.24, 2.45) is 0 Å². The predicted molar refractivity (Wildman–Crippen MR) is 99.9 cm³/mol. The Labute approximate surface area is 159 Å². The van der Waals surface area contributed by atoms with Crippen LogP contribution in [0.2, 0.25) is 0 Å². The van der Waals surface area contributed by atoms with Gasteiger partial charge in [0.05, 0.1) is 18.2 Å². The van der Waals surface area contributed by atoms with Crippen LogP contribution in [-0.2, 0) is 19.5 Å². The largest absolute Gasteiger partial charge is 0.336 e. The van der Waals surface area contributed by atoms with Gasteiger partial charge in [-0.25, -0.2) is 0 Å². The molecule has 0 saturated carbocycles. The van der Waals surface area contributed by atoms with Crippen molar-refractivity contribution in [3.63, 3.8) is 0 Å². The van der Waals surface area contributed by atoms with E-state index in [0.29, 0.717) is 24.2 Å². The van der Waals surface area contributed by atoms with E-state index >= 15 is 0 Å². The molecule has 2 aliphatic rings. The Balaban J connectivity index is 1.34. The van der Waals surface area contributed by atoms with Crippen LogP contribution in [0.15, 0.2) is 24.3 Å². The second-order valence-corrected chi connectivity index (χ2v) is 7.25. The lowest BCUT2D eigenvalue weighted by molar-refractivity contribution is 0.0624. The first-order chi connectivity index (χ1) is 13.2. The van der Waals surface area contributed by atoms with Crippen LogP contribution in [0.5, 0.6) is 0 Å². The molecule has 0 unspecified atom stereocenters. The SMILES string of the molecule is N#Cc1ccc(C(=O)N2CCN(Cc3nnc4n3CCCCC4)CC2)cc1. The highest BCUT2D eigenvalue weighted by Gasteiger charge is 2.24. The minimum atomic E-state index is 0.0375. The van der Waals surface area contributed by atoms with Crippen LogP contribution in [-0.4, -0.2) is 56.7 Å². The molecule has 0 N–H and O–H groups in total. The van der Waals surface area contributed by atoms with Crippen molar-refractivity contribution < 1.29 is 4.79 Å². The zero-order valence-electron chi connectivity index (χ0n) is 15.5. The number of amides is 1. The van der Waals surface area contributed by atoms with Gasteiger partial charge >= 0.3 is 0 Å². The maximum Gasteiger partial charge on any atom is 0.253 e. The molecule has 7 heteroatoms. The van der Waals surface area contributed by atoms with Crippen LogP contribution in [0, 0.1) is 11.3 Å². The van der Waals surface area contributed by atoms with E-state index in [1.807, 2.05) is 4.90 Å². The predicted octanol–water partition coefficient (Wildman–Crippen LogP) is 1.83. The quantitative estimate of drug-likeness (QED) is 0.830. The molecule has 7 nitrogen and oxygen atoms in total. The van der Waals surface area contributed by atoms with E-state index in [-0.39, 0.29) is 5.91 Å². The molecule has 140 valence electrons. The highest BCUT2D eigenvalue weighted by Crippen LogP contribution is 2.17. The average molecular weight is 364 g/mol. The summed E-state index contributed by atoms with van der Waals surface area (Å²) in [6.45, 7) is 4.91. The number of fused-ring (bicyclic) bond motifs is 1. The first-order valence-corrected chi connectivity index (χ1v) is 9.67. The fourth-order valence-electron chi connectivity index (χ4n) is 3.84. The number of hydrogen-bond donors (Lipinski definition) is 0. The van der Waals surface area contributed by atoms with Crippen LogP contribution in [0.3, 0.4) is 0 Å². The second kappa shape index (κ2) is 7.89. The highest BCUT2D eigenvalue weighted by molar-refractivity contribution is 5.94. The number of piperazine rings is 1. The van der Waals surface area contributed by atoms with E-state index in [0.717, 1.165) is 44.2 Å². The first-order valence-electron chi connectivity index (χ1n) is 9.67. The molecular weight excluding hydrogens is 340 g/mol. The van der Waals surface area contributed by atoms with E-state index in [4.69, 9.17) is 5.26 Å². The third kappa shape index (κ3) is 3.86. The van der Waals surface area contributed by atoms with Gasteiger partial charge in [0.1, 0.15) is 11.6 Å². The smallest absolute Gasteiger partial charge is 0.253 e. The van der Waals surface area contributed by atoms with Gasteiger partial charge in [0.15, 0.2) is 0 Å². The minimum Gasteiger partial charge on any atom is -0.336 e. The first kappa shape index (κ1) is 17.7. The highest BCUT2D eigenvalue weighted by atomic mass is 16.2. The molecule has 3 heterocycles. The van der Waals surface area contributed by atoms with Crippen LogP contribution >= 0.6 is 0 Å². The maximum absolute atomic E-state index is 12.7. The Morgan fingerprint density at radius 3 is 2.52 bits per heavy atom. The third-order valence-corrected chi connectivity index (χ3v) is 5.47. The third-order valence-electron chi connectivity index (χ3n) is 5.47.